The summed E-state index contributed by atoms with van der Waals surface area (Å²) in [6, 6.07) is 11.3. The lowest BCUT2D eigenvalue weighted by molar-refractivity contribution is -0.108. The van der Waals surface area contributed by atoms with Gasteiger partial charge in [-0.05, 0) is 18.5 Å². The van der Waals surface area contributed by atoms with Crippen molar-refractivity contribution in [3.8, 4) is 11.3 Å². The summed E-state index contributed by atoms with van der Waals surface area (Å²) in [6.07, 6.45) is 2.35. The predicted octanol–water partition coefficient (Wildman–Crippen LogP) is 2.10. The second-order valence-corrected chi connectivity index (χ2v) is 6.82. The van der Waals surface area contributed by atoms with Gasteiger partial charge in [0.1, 0.15) is 11.3 Å². The highest BCUT2D eigenvalue weighted by Crippen LogP contribution is 2.28. The average molecular weight is 397 g/mol. The van der Waals surface area contributed by atoms with Gasteiger partial charge in [0.25, 0.3) is 5.91 Å². The molecule has 144 valence electrons. The first kappa shape index (κ1) is 19.4. The Bertz CT molecular complexity index is 977. The van der Waals surface area contributed by atoms with E-state index in [1.165, 1.54) is 22.7 Å². The van der Waals surface area contributed by atoms with Crippen LogP contribution in [0.2, 0.25) is 0 Å². The number of nitrogens with zero attached hydrogens (tertiary/aromatic N) is 4. The summed E-state index contributed by atoms with van der Waals surface area (Å²) in [7, 11) is 0. The van der Waals surface area contributed by atoms with Crippen molar-refractivity contribution in [2.45, 2.75) is 19.4 Å². The van der Waals surface area contributed by atoms with Gasteiger partial charge in [0.05, 0.1) is 17.9 Å². The second kappa shape index (κ2) is 8.55. The fourth-order valence-corrected chi connectivity index (χ4v) is 3.11. The van der Waals surface area contributed by atoms with E-state index >= 15 is 0 Å². The van der Waals surface area contributed by atoms with Crippen LogP contribution in [0, 0.1) is 0 Å². The van der Waals surface area contributed by atoms with E-state index < -0.39 is 5.91 Å². The normalized spacial score (nSPS) is 11.6. The van der Waals surface area contributed by atoms with E-state index in [9.17, 15) is 9.59 Å². The first-order valence-corrected chi connectivity index (χ1v) is 9.20. The largest absolute Gasteiger partial charge is 0.364 e. The molecular weight excluding hydrogens is 378 g/mol. The van der Waals surface area contributed by atoms with Crippen molar-refractivity contribution in [2.24, 2.45) is 11.6 Å². The number of carbonyl (C=O) groups excluding carboxylic acids is 2. The topological polar surface area (TPSA) is 140 Å². The number of aromatic nitrogens is 3. The zero-order chi connectivity index (χ0) is 20.1. The smallest absolute Gasteiger partial charge is 0.271 e. The second-order valence-electron chi connectivity index (χ2n) is 6.02. The van der Waals surface area contributed by atoms with Gasteiger partial charge in [0.2, 0.25) is 0 Å². The van der Waals surface area contributed by atoms with Gasteiger partial charge >= 0.3 is 0 Å². The third kappa shape index (κ3) is 4.30. The lowest BCUT2D eigenvalue weighted by atomic mass is 10.2. The molecule has 0 spiro atoms. The summed E-state index contributed by atoms with van der Waals surface area (Å²) < 4.78 is 4.41. The van der Waals surface area contributed by atoms with Crippen molar-refractivity contribution >= 4 is 40.4 Å². The van der Waals surface area contributed by atoms with Crippen molar-refractivity contribution in [3.05, 3.63) is 48.3 Å². The predicted molar refractivity (Wildman–Crippen MR) is 108 cm³/mol. The van der Waals surface area contributed by atoms with Gasteiger partial charge in [0, 0.05) is 18.1 Å². The number of nitrogens with two attached hydrogens (primary N) is 2. The van der Waals surface area contributed by atoms with E-state index in [1.54, 1.807) is 6.92 Å². The molecule has 0 aliphatic heterocycles. The molecule has 0 fully saturated rings. The first-order chi connectivity index (χ1) is 13.5. The molecule has 9 nitrogen and oxygen atoms in total. The van der Waals surface area contributed by atoms with Crippen LogP contribution in [0.4, 0.5) is 16.6 Å². The molecule has 0 bridgehead atoms. The highest BCUT2D eigenvalue weighted by atomic mass is 32.1. The SMILES string of the molecule is CC(CC=O)N(N)c1cnc(C(N)=O)c(Nc2cc(-c3ccccc3)ns2)n1. The summed E-state index contributed by atoms with van der Waals surface area (Å²) in [6.45, 7) is 1.78. The number of nitrogens with one attached hydrogen (secondary N) is 1. The Morgan fingerprint density at radius 1 is 1.36 bits per heavy atom. The Morgan fingerprint density at radius 2 is 2.11 bits per heavy atom. The van der Waals surface area contributed by atoms with E-state index in [2.05, 4.69) is 19.7 Å². The monoisotopic (exact) mass is 397 g/mol. The van der Waals surface area contributed by atoms with Gasteiger partial charge < -0.3 is 15.8 Å². The number of amides is 1. The van der Waals surface area contributed by atoms with Crippen LogP contribution in [0.5, 0.6) is 0 Å². The molecule has 0 aliphatic carbocycles. The van der Waals surface area contributed by atoms with Gasteiger partial charge in [-0.1, -0.05) is 30.3 Å². The Labute approximate surface area is 165 Å². The van der Waals surface area contributed by atoms with Crippen LogP contribution in [0.1, 0.15) is 23.8 Å². The molecule has 1 amide bonds. The van der Waals surface area contributed by atoms with E-state index in [0.29, 0.717) is 10.8 Å². The van der Waals surface area contributed by atoms with Crippen LogP contribution >= 0.6 is 11.5 Å². The van der Waals surface area contributed by atoms with Crippen LogP contribution in [-0.2, 0) is 4.79 Å². The Hall–Kier alpha value is -3.37. The maximum atomic E-state index is 11.7. The third-order valence-electron chi connectivity index (χ3n) is 3.99. The van der Waals surface area contributed by atoms with Gasteiger partial charge in [-0.15, -0.1) is 0 Å². The molecule has 2 heterocycles. The quantitative estimate of drug-likeness (QED) is 0.298. The van der Waals surface area contributed by atoms with Crippen molar-refractivity contribution in [1.29, 1.82) is 0 Å². The molecule has 3 rings (SSSR count). The summed E-state index contributed by atoms with van der Waals surface area (Å²) in [5, 5.41) is 5.02. The molecule has 5 N–H and O–H groups in total. The number of carbonyl (C=O) groups is 2. The van der Waals surface area contributed by atoms with Crippen LogP contribution in [0.3, 0.4) is 0 Å². The summed E-state index contributed by atoms with van der Waals surface area (Å²) in [5.74, 6) is 5.76. The highest BCUT2D eigenvalue weighted by molar-refractivity contribution is 7.10. The molecular formula is C18H19N7O2S. The number of hydrogen-bond donors (Lipinski definition) is 3. The molecule has 10 heteroatoms. The zero-order valence-corrected chi connectivity index (χ0v) is 15.9. The summed E-state index contributed by atoms with van der Waals surface area (Å²) >= 11 is 1.22. The van der Waals surface area contributed by atoms with E-state index in [1.807, 2.05) is 36.4 Å². The number of hydrazine groups is 1. The zero-order valence-electron chi connectivity index (χ0n) is 15.1. The fourth-order valence-electron chi connectivity index (χ4n) is 2.45. The van der Waals surface area contributed by atoms with E-state index in [4.69, 9.17) is 11.6 Å². The maximum absolute atomic E-state index is 11.7. The summed E-state index contributed by atoms with van der Waals surface area (Å²) in [4.78, 5) is 30.9. The van der Waals surface area contributed by atoms with Gasteiger partial charge in [-0.2, -0.15) is 4.37 Å². The Balaban J connectivity index is 1.89. The standard InChI is InChI=1S/C18H19N7O2S/c1-11(7-8-26)25(20)14-10-21-16(17(19)27)18(22-14)23-15-9-13(24-28-15)12-5-3-2-4-6-12/h2-6,8-11H,7,20H2,1H3,(H2,19,27)(H,22,23). The van der Waals surface area contributed by atoms with Crippen LogP contribution in [0.15, 0.2) is 42.6 Å². The van der Waals surface area contributed by atoms with E-state index in [0.717, 1.165) is 17.5 Å². The lowest BCUT2D eigenvalue weighted by Crippen LogP contribution is -2.40. The minimum Gasteiger partial charge on any atom is -0.364 e. The number of rotatable bonds is 8. The molecule has 2 aromatic heterocycles. The third-order valence-corrected chi connectivity index (χ3v) is 4.70. The number of aldehydes is 1. The highest BCUT2D eigenvalue weighted by Gasteiger charge is 2.18. The molecule has 0 radical (unpaired) electrons. The van der Waals surface area contributed by atoms with Crippen LogP contribution in [0.25, 0.3) is 11.3 Å². The molecule has 1 unspecified atom stereocenters. The van der Waals surface area contributed by atoms with Gasteiger partial charge in [0.15, 0.2) is 17.3 Å². The molecule has 1 atom stereocenters. The lowest BCUT2D eigenvalue weighted by Gasteiger charge is -2.23. The first-order valence-electron chi connectivity index (χ1n) is 8.43. The number of anilines is 3. The van der Waals surface area contributed by atoms with Crippen molar-refractivity contribution in [2.75, 3.05) is 10.3 Å². The fraction of sp³-hybridized carbons (Fsp3) is 0.167. The average Bonchev–Trinajstić information content (AvgIpc) is 3.16. The van der Waals surface area contributed by atoms with Crippen LogP contribution < -0.4 is 21.9 Å². The molecule has 0 saturated heterocycles. The van der Waals surface area contributed by atoms with Crippen LogP contribution in [-0.4, -0.2) is 32.6 Å². The van der Waals surface area contributed by atoms with Gasteiger partial charge in [-0.25, -0.2) is 15.8 Å². The van der Waals surface area contributed by atoms with Crippen molar-refractivity contribution in [1.82, 2.24) is 14.3 Å². The van der Waals surface area contributed by atoms with Crippen molar-refractivity contribution in [3.63, 3.8) is 0 Å². The Morgan fingerprint density at radius 3 is 2.79 bits per heavy atom. The van der Waals surface area contributed by atoms with Gasteiger partial charge in [-0.3, -0.25) is 9.80 Å². The molecule has 0 saturated carbocycles. The van der Waals surface area contributed by atoms with Crippen molar-refractivity contribution < 1.29 is 9.59 Å². The molecule has 1 aromatic carbocycles. The minimum atomic E-state index is -0.723. The van der Waals surface area contributed by atoms with E-state index in [-0.39, 0.29) is 24.0 Å². The minimum absolute atomic E-state index is 0.0187. The number of benzene rings is 1. The Kier molecular flexibility index (Phi) is 5.92. The maximum Gasteiger partial charge on any atom is 0.271 e. The molecule has 3 aromatic rings. The number of primary amides is 1. The molecule has 28 heavy (non-hydrogen) atoms. The number of hydrogen-bond acceptors (Lipinski definition) is 9. The summed E-state index contributed by atoms with van der Waals surface area (Å²) in [5.41, 5.74) is 7.15. The molecule has 0 aliphatic rings.